The van der Waals surface area contributed by atoms with Crippen LogP contribution < -0.4 is 10.6 Å². The summed E-state index contributed by atoms with van der Waals surface area (Å²) >= 11 is 0. The number of piperidine rings is 1. The molecule has 1 aliphatic heterocycles. The summed E-state index contributed by atoms with van der Waals surface area (Å²) in [6.07, 6.45) is 3.71. The molecule has 5 heteroatoms. The van der Waals surface area contributed by atoms with Crippen LogP contribution in [0.4, 0.5) is 4.79 Å². The molecule has 0 saturated carbocycles. The van der Waals surface area contributed by atoms with Crippen LogP contribution in [0.5, 0.6) is 0 Å². The first-order valence-electron chi connectivity index (χ1n) is 8.92. The van der Waals surface area contributed by atoms with Crippen LogP contribution in [0, 0.1) is 6.92 Å². The van der Waals surface area contributed by atoms with Gasteiger partial charge in [-0.1, -0.05) is 30.3 Å². The number of rotatable bonds is 5. The normalized spacial score (nSPS) is 15.7. The van der Waals surface area contributed by atoms with Crippen molar-refractivity contribution in [3.8, 4) is 0 Å². The molecule has 132 valence electrons. The molecule has 1 aromatic carbocycles. The van der Waals surface area contributed by atoms with E-state index in [1.54, 1.807) is 6.20 Å². The Hall–Kier alpha value is -2.40. The van der Waals surface area contributed by atoms with E-state index in [-0.39, 0.29) is 12.1 Å². The average Bonchev–Trinajstić information content (AvgIpc) is 2.64. The molecule has 1 fully saturated rings. The third-order valence-corrected chi connectivity index (χ3v) is 4.73. The van der Waals surface area contributed by atoms with Crippen molar-refractivity contribution in [2.24, 2.45) is 0 Å². The summed E-state index contributed by atoms with van der Waals surface area (Å²) in [6.45, 7) is 5.64. The Bertz CT molecular complexity index is 681. The second-order valence-corrected chi connectivity index (χ2v) is 6.62. The van der Waals surface area contributed by atoms with Gasteiger partial charge in [-0.15, -0.1) is 0 Å². The van der Waals surface area contributed by atoms with Crippen LogP contribution in [0.25, 0.3) is 0 Å². The average molecular weight is 338 g/mol. The highest BCUT2D eigenvalue weighted by molar-refractivity contribution is 5.74. The summed E-state index contributed by atoms with van der Waals surface area (Å²) in [5.41, 5.74) is 3.60. The number of hydrogen-bond donors (Lipinski definition) is 2. The second kappa shape index (κ2) is 8.62. The molecule has 0 radical (unpaired) electrons. The molecule has 2 amide bonds. The van der Waals surface area contributed by atoms with Crippen LogP contribution in [0.15, 0.2) is 48.7 Å². The largest absolute Gasteiger partial charge is 0.335 e. The van der Waals surface area contributed by atoms with Crippen molar-refractivity contribution in [1.82, 2.24) is 20.5 Å². The number of benzene rings is 1. The van der Waals surface area contributed by atoms with Crippen LogP contribution in [0.2, 0.25) is 0 Å². The predicted molar refractivity (Wildman–Crippen MR) is 99.1 cm³/mol. The standard InChI is InChI=1S/C20H26N4O/c1-16-6-2-3-7-17(16)15-24-12-9-18(10-13-24)23-20(25)22-14-19-8-4-5-11-21-19/h2-8,11,18H,9-10,12-15H2,1H3,(H2,22,23,25). The van der Waals surface area contributed by atoms with Crippen LogP contribution in [-0.2, 0) is 13.1 Å². The van der Waals surface area contributed by atoms with Gasteiger partial charge in [-0.2, -0.15) is 0 Å². The number of urea groups is 1. The molecule has 1 saturated heterocycles. The fourth-order valence-corrected chi connectivity index (χ4v) is 3.17. The first-order chi connectivity index (χ1) is 12.2. The number of aryl methyl sites for hydroxylation is 1. The monoisotopic (exact) mass is 338 g/mol. The Morgan fingerprint density at radius 3 is 2.64 bits per heavy atom. The molecule has 0 aliphatic carbocycles. The zero-order valence-electron chi connectivity index (χ0n) is 14.7. The Morgan fingerprint density at radius 2 is 1.92 bits per heavy atom. The van der Waals surface area contributed by atoms with E-state index in [0.29, 0.717) is 6.54 Å². The van der Waals surface area contributed by atoms with Gasteiger partial charge in [0.25, 0.3) is 0 Å². The molecule has 2 N–H and O–H groups in total. The van der Waals surface area contributed by atoms with Crippen LogP contribution in [-0.4, -0.2) is 35.0 Å². The van der Waals surface area contributed by atoms with Gasteiger partial charge in [0.15, 0.2) is 0 Å². The van der Waals surface area contributed by atoms with Gasteiger partial charge in [-0.05, 0) is 43.0 Å². The fraction of sp³-hybridized carbons (Fsp3) is 0.400. The molecule has 25 heavy (non-hydrogen) atoms. The Morgan fingerprint density at radius 1 is 1.16 bits per heavy atom. The number of pyridine rings is 1. The first kappa shape index (κ1) is 17.4. The zero-order chi connectivity index (χ0) is 17.5. The lowest BCUT2D eigenvalue weighted by atomic mass is 10.0. The minimum Gasteiger partial charge on any atom is -0.335 e. The number of nitrogens with one attached hydrogen (secondary N) is 2. The molecular weight excluding hydrogens is 312 g/mol. The van der Waals surface area contributed by atoms with Crippen molar-refractivity contribution in [2.75, 3.05) is 13.1 Å². The number of aromatic nitrogens is 1. The van der Waals surface area contributed by atoms with Gasteiger partial charge in [0.2, 0.25) is 0 Å². The number of carbonyl (C=O) groups excluding carboxylic acids is 1. The minimum atomic E-state index is -0.108. The van der Waals surface area contributed by atoms with E-state index in [2.05, 4.69) is 51.7 Å². The summed E-state index contributed by atoms with van der Waals surface area (Å²) in [5, 5.41) is 5.96. The lowest BCUT2D eigenvalue weighted by molar-refractivity contribution is 0.186. The molecule has 2 heterocycles. The smallest absolute Gasteiger partial charge is 0.315 e. The quantitative estimate of drug-likeness (QED) is 0.881. The van der Waals surface area contributed by atoms with Crippen molar-refractivity contribution in [2.45, 2.75) is 38.9 Å². The highest BCUT2D eigenvalue weighted by atomic mass is 16.2. The fourth-order valence-electron chi connectivity index (χ4n) is 3.17. The second-order valence-electron chi connectivity index (χ2n) is 6.62. The molecule has 0 spiro atoms. The number of amides is 2. The summed E-state index contributed by atoms with van der Waals surface area (Å²) in [5.74, 6) is 0. The maximum Gasteiger partial charge on any atom is 0.315 e. The van der Waals surface area contributed by atoms with E-state index in [9.17, 15) is 4.79 Å². The summed E-state index contributed by atoms with van der Waals surface area (Å²) in [7, 11) is 0. The van der Waals surface area contributed by atoms with E-state index in [1.165, 1.54) is 11.1 Å². The third kappa shape index (κ3) is 5.29. The highest BCUT2D eigenvalue weighted by Crippen LogP contribution is 2.16. The van der Waals surface area contributed by atoms with Crippen molar-refractivity contribution >= 4 is 6.03 Å². The molecule has 0 atom stereocenters. The maximum atomic E-state index is 12.0. The SMILES string of the molecule is Cc1ccccc1CN1CCC(NC(=O)NCc2ccccn2)CC1. The van der Waals surface area contributed by atoms with E-state index in [0.717, 1.165) is 38.2 Å². The first-order valence-corrected chi connectivity index (χ1v) is 8.92. The Kier molecular flexibility index (Phi) is 6.01. The van der Waals surface area contributed by atoms with Gasteiger partial charge in [0.1, 0.15) is 0 Å². The molecule has 1 aliphatic rings. The summed E-state index contributed by atoms with van der Waals surface area (Å²) < 4.78 is 0. The topological polar surface area (TPSA) is 57.3 Å². The van der Waals surface area contributed by atoms with E-state index in [4.69, 9.17) is 0 Å². The van der Waals surface area contributed by atoms with Gasteiger partial charge < -0.3 is 10.6 Å². The number of likely N-dealkylation sites (tertiary alicyclic amines) is 1. The number of nitrogens with zero attached hydrogens (tertiary/aromatic N) is 2. The van der Waals surface area contributed by atoms with Crippen molar-refractivity contribution < 1.29 is 4.79 Å². The molecule has 5 nitrogen and oxygen atoms in total. The maximum absolute atomic E-state index is 12.0. The molecule has 2 aromatic rings. The van der Waals surface area contributed by atoms with Gasteiger partial charge in [0.05, 0.1) is 12.2 Å². The van der Waals surface area contributed by atoms with Crippen molar-refractivity contribution in [1.29, 1.82) is 0 Å². The Balaban J connectivity index is 1.39. The summed E-state index contributed by atoms with van der Waals surface area (Å²) in [4.78, 5) is 18.7. The van der Waals surface area contributed by atoms with E-state index >= 15 is 0 Å². The van der Waals surface area contributed by atoms with E-state index in [1.807, 2.05) is 18.2 Å². The van der Waals surface area contributed by atoms with Crippen molar-refractivity contribution in [3.05, 3.63) is 65.5 Å². The molecule has 0 bridgehead atoms. The van der Waals surface area contributed by atoms with E-state index < -0.39 is 0 Å². The Labute approximate surface area is 149 Å². The molecular formula is C20H26N4O. The van der Waals surface area contributed by atoms with Crippen LogP contribution in [0.3, 0.4) is 0 Å². The number of hydrogen-bond acceptors (Lipinski definition) is 3. The predicted octanol–water partition coefficient (Wildman–Crippen LogP) is 2.85. The number of carbonyl (C=O) groups is 1. The summed E-state index contributed by atoms with van der Waals surface area (Å²) in [6, 6.07) is 14.4. The van der Waals surface area contributed by atoms with Gasteiger partial charge in [-0.25, -0.2) is 4.79 Å². The lowest BCUT2D eigenvalue weighted by Crippen LogP contribution is -2.47. The van der Waals surface area contributed by atoms with Gasteiger partial charge in [0, 0.05) is 31.9 Å². The molecule has 3 rings (SSSR count). The minimum absolute atomic E-state index is 0.108. The van der Waals surface area contributed by atoms with Crippen molar-refractivity contribution in [3.63, 3.8) is 0 Å². The molecule has 0 unspecified atom stereocenters. The highest BCUT2D eigenvalue weighted by Gasteiger charge is 2.20. The molecule has 1 aromatic heterocycles. The van der Waals surface area contributed by atoms with Gasteiger partial charge in [-0.3, -0.25) is 9.88 Å². The lowest BCUT2D eigenvalue weighted by Gasteiger charge is -2.32. The zero-order valence-corrected chi connectivity index (χ0v) is 14.7. The van der Waals surface area contributed by atoms with Gasteiger partial charge >= 0.3 is 6.03 Å². The third-order valence-electron chi connectivity index (χ3n) is 4.73. The van der Waals surface area contributed by atoms with Crippen LogP contribution in [0.1, 0.15) is 29.7 Å². The van der Waals surface area contributed by atoms with Crippen LogP contribution >= 0.6 is 0 Å².